The molecule has 0 aromatic heterocycles. The average molecular weight is 386 g/mol. The SMILES string of the molecule is CC(C)(C)OC(=O)N[C@@H](Cc1ccccc1)[C@H](CCO)OCc1ccccc1. The second-order valence-electron chi connectivity index (χ2n) is 7.79. The number of hydrogen-bond donors (Lipinski definition) is 2. The summed E-state index contributed by atoms with van der Waals surface area (Å²) >= 11 is 0. The number of ether oxygens (including phenoxy) is 2. The summed E-state index contributed by atoms with van der Waals surface area (Å²) in [6.45, 7) is 5.87. The first-order chi connectivity index (χ1) is 13.4. The number of carbonyl (C=O) groups is 1. The predicted octanol–water partition coefficient (Wildman–Crippen LogP) is 4.09. The van der Waals surface area contributed by atoms with E-state index in [0.29, 0.717) is 19.4 Å². The maximum atomic E-state index is 12.4. The Morgan fingerprint density at radius 3 is 2.11 bits per heavy atom. The minimum Gasteiger partial charge on any atom is -0.444 e. The van der Waals surface area contributed by atoms with Crippen LogP contribution in [-0.4, -0.2) is 35.6 Å². The minimum atomic E-state index is -0.585. The number of carbonyl (C=O) groups excluding carboxylic acids is 1. The highest BCUT2D eigenvalue weighted by atomic mass is 16.6. The Labute approximate surface area is 167 Å². The van der Waals surface area contributed by atoms with Crippen molar-refractivity contribution in [3.8, 4) is 0 Å². The molecular formula is C23H31NO4. The van der Waals surface area contributed by atoms with E-state index in [4.69, 9.17) is 9.47 Å². The molecule has 0 heterocycles. The molecule has 0 radical (unpaired) electrons. The molecule has 0 spiro atoms. The molecule has 28 heavy (non-hydrogen) atoms. The van der Waals surface area contributed by atoms with Gasteiger partial charge in [-0.15, -0.1) is 0 Å². The predicted molar refractivity (Wildman–Crippen MR) is 110 cm³/mol. The van der Waals surface area contributed by atoms with E-state index in [2.05, 4.69) is 5.32 Å². The summed E-state index contributed by atoms with van der Waals surface area (Å²) in [4.78, 5) is 12.4. The maximum Gasteiger partial charge on any atom is 0.407 e. The van der Waals surface area contributed by atoms with E-state index in [9.17, 15) is 9.90 Å². The molecule has 5 heteroatoms. The molecule has 0 saturated carbocycles. The zero-order chi connectivity index (χ0) is 20.4. The maximum absolute atomic E-state index is 12.4. The first kappa shape index (κ1) is 21.9. The number of benzene rings is 2. The van der Waals surface area contributed by atoms with Crippen LogP contribution in [0.25, 0.3) is 0 Å². The van der Waals surface area contributed by atoms with Crippen LogP contribution in [0.5, 0.6) is 0 Å². The van der Waals surface area contributed by atoms with E-state index < -0.39 is 11.7 Å². The summed E-state index contributed by atoms with van der Waals surface area (Å²) < 4.78 is 11.5. The largest absolute Gasteiger partial charge is 0.444 e. The van der Waals surface area contributed by atoms with Crippen molar-refractivity contribution in [3.05, 3.63) is 71.8 Å². The molecule has 2 aromatic carbocycles. The fraction of sp³-hybridized carbons (Fsp3) is 0.435. The van der Waals surface area contributed by atoms with Crippen LogP contribution in [0.2, 0.25) is 0 Å². The van der Waals surface area contributed by atoms with E-state index in [-0.39, 0.29) is 18.8 Å². The highest BCUT2D eigenvalue weighted by Crippen LogP contribution is 2.15. The third kappa shape index (κ3) is 8.11. The van der Waals surface area contributed by atoms with E-state index in [1.54, 1.807) is 0 Å². The Bertz CT molecular complexity index is 698. The molecule has 0 bridgehead atoms. The van der Waals surface area contributed by atoms with Gasteiger partial charge in [0.25, 0.3) is 0 Å². The van der Waals surface area contributed by atoms with Crippen molar-refractivity contribution in [2.24, 2.45) is 0 Å². The van der Waals surface area contributed by atoms with Gasteiger partial charge in [0.1, 0.15) is 5.60 Å². The van der Waals surface area contributed by atoms with Crippen molar-refractivity contribution < 1.29 is 19.4 Å². The number of alkyl carbamates (subject to hydrolysis) is 1. The van der Waals surface area contributed by atoms with Crippen molar-refractivity contribution in [3.63, 3.8) is 0 Å². The Kier molecular flexibility index (Phi) is 8.48. The lowest BCUT2D eigenvalue weighted by atomic mass is 9.99. The number of rotatable bonds is 9. The molecule has 1 amide bonds. The number of amides is 1. The van der Waals surface area contributed by atoms with Gasteiger partial charge in [-0.3, -0.25) is 0 Å². The molecule has 0 aliphatic heterocycles. The minimum absolute atomic E-state index is 0.0270. The molecule has 2 N–H and O–H groups in total. The van der Waals surface area contributed by atoms with Crippen molar-refractivity contribution in [1.82, 2.24) is 5.32 Å². The molecule has 2 atom stereocenters. The average Bonchev–Trinajstić information content (AvgIpc) is 2.65. The Morgan fingerprint density at radius 2 is 1.57 bits per heavy atom. The lowest BCUT2D eigenvalue weighted by Gasteiger charge is -2.29. The van der Waals surface area contributed by atoms with Gasteiger partial charge in [-0.25, -0.2) is 4.79 Å². The number of nitrogens with one attached hydrogen (secondary N) is 1. The summed E-state index contributed by atoms with van der Waals surface area (Å²) in [5.41, 5.74) is 1.54. The van der Waals surface area contributed by atoms with Crippen LogP contribution in [0.4, 0.5) is 4.79 Å². The first-order valence-corrected chi connectivity index (χ1v) is 9.67. The van der Waals surface area contributed by atoms with Gasteiger partial charge in [0.15, 0.2) is 0 Å². The molecule has 0 aliphatic carbocycles. The van der Waals surface area contributed by atoms with Gasteiger partial charge in [0.05, 0.1) is 18.8 Å². The third-order valence-corrected chi connectivity index (χ3v) is 4.17. The van der Waals surface area contributed by atoms with Crippen LogP contribution in [0.1, 0.15) is 38.3 Å². The van der Waals surface area contributed by atoms with Gasteiger partial charge in [0, 0.05) is 6.61 Å². The molecule has 2 rings (SSSR count). The van der Waals surface area contributed by atoms with Crippen LogP contribution in [-0.2, 0) is 22.5 Å². The molecule has 0 aliphatic rings. The van der Waals surface area contributed by atoms with Crippen molar-refractivity contribution >= 4 is 6.09 Å². The van der Waals surface area contributed by atoms with E-state index >= 15 is 0 Å². The molecule has 0 saturated heterocycles. The van der Waals surface area contributed by atoms with Crippen molar-refractivity contribution in [1.29, 1.82) is 0 Å². The van der Waals surface area contributed by atoms with Gasteiger partial charge >= 0.3 is 6.09 Å². The topological polar surface area (TPSA) is 67.8 Å². The van der Waals surface area contributed by atoms with Crippen molar-refractivity contribution in [2.75, 3.05) is 6.61 Å². The summed E-state index contributed by atoms with van der Waals surface area (Å²) in [5, 5.41) is 12.5. The highest BCUT2D eigenvalue weighted by Gasteiger charge is 2.27. The quantitative estimate of drug-likeness (QED) is 0.682. The summed E-state index contributed by atoms with van der Waals surface area (Å²) in [7, 11) is 0. The molecule has 5 nitrogen and oxygen atoms in total. The second-order valence-corrected chi connectivity index (χ2v) is 7.79. The normalized spacial score (nSPS) is 13.6. The molecule has 2 aromatic rings. The zero-order valence-electron chi connectivity index (χ0n) is 16.9. The Morgan fingerprint density at radius 1 is 1.00 bits per heavy atom. The van der Waals surface area contributed by atoms with Crippen LogP contribution in [0.15, 0.2) is 60.7 Å². The lowest BCUT2D eigenvalue weighted by Crippen LogP contribution is -2.48. The fourth-order valence-electron chi connectivity index (χ4n) is 2.91. The van der Waals surface area contributed by atoms with Crippen LogP contribution in [0.3, 0.4) is 0 Å². The Balaban J connectivity index is 2.13. The smallest absolute Gasteiger partial charge is 0.407 e. The molecular weight excluding hydrogens is 354 g/mol. The molecule has 152 valence electrons. The van der Waals surface area contributed by atoms with Crippen LogP contribution in [0, 0.1) is 0 Å². The zero-order valence-corrected chi connectivity index (χ0v) is 16.9. The van der Waals surface area contributed by atoms with Gasteiger partial charge in [-0.1, -0.05) is 60.7 Å². The van der Waals surface area contributed by atoms with Gasteiger partial charge < -0.3 is 19.9 Å². The summed E-state index contributed by atoms with van der Waals surface area (Å²) in [5.74, 6) is 0. The van der Waals surface area contributed by atoms with E-state index in [1.807, 2.05) is 81.4 Å². The van der Waals surface area contributed by atoms with Gasteiger partial charge in [-0.2, -0.15) is 0 Å². The van der Waals surface area contributed by atoms with E-state index in [1.165, 1.54) is 0 Å². The van der Waals surface area contributed by atoms with Gasteiger partial charge in [0.2, 0.25) is 0 Å². The first-order valence-electron chi connectivity index (χ1n) is 9.67. The number of aliphatic hydroxyl groups is 1. The second kappa shape index (κ2) is 10.8. The Hall–Kier alpha value is -2.37. The summed E-state index contributed by atoms with van der Waals surface area (Å²) in [6.07, 6.45) is 0.164. The fourth-order valence-corrected chi connectivity index (χ4v) is 2.91. The standard InChI is InChI=1S/C23H31NO4/c1-23(2,3)28-22(26)24-20(16-18-10-6-4-7-11-18)21(14-15-25)27-17-19-12-8-5-9-13-19/h4-13,20-21,25H,14-17H2,1-3H3,(H,24,26)/t20-,21-/m0/s1. The van der Waals surface area contributed by atoms with Gasteiger partial charge in [-0.05, 0) is 44.7 Å². The monoisotopic (exact) mass is 385 g/mol. The van der Waals surface area contributed by atoms with Crippen LogP contribution < -0.4 is 5.32 Å². The summed E-state index contributed by atoms with van der Waals surface area (Å²) in [6, 6.07) is 19.4. The third-order valence-electron chi connectivity index (χ3n) is 4.17. The number of hydrogen-bond acceptors (Lipinski definition) is 4. The molecule has 0 unspecified atom stereocenters. The van der Waals surface area contributed by atoms with E-state index in [0.717, 1.165) is 11.1 Å². The van der Waals surface area contributed by atoms with Crippen LogP contribution >= 0.6 is 0 Å². The number of aliphatic hydroxyl groups excluding tert-OH is 1. The lowest BCUT2D eigenvalue weighted by molar-refractivity contribution is -0.00611. The molecule has 0 fully saturated rings. The highest BCUT2D eigenvalue weighted by molar-refractivity contribution is 5.68. The van der Waals surface area contributed by atoms with Crippen molar-refractivity contribution in [2.45, 2.75) is 58.0 Å².